The van der Waals surface area contributed by atoms with Gasteiger partial charge in [0.2, 0.25) is 0 Å². The minimum atomic E-state index is -3.75. The highest BCUT2D eigenvalue weighted by atomic mass is 32.3. The van der Waals surface area contributed by atoms with Gasteiger partial charge >= 0.3 is 10.4 Å². The Morgan fingerprint density at radius 3 is 2.36 bits per heavy atom. The van der Waals surface area contributed by atoms with Crippen molar-refractivity contribution in [2.75, 3.05) is 13.7 Å². The molecule has 0 aliphatic carbocycles. The van der Waals surface area contributed by atoms with Crippen LogP contribution in [0.25, 0.3) is 0 Å². The van der Waals surface area contributed by atoms with Crippen LogP contribution in [-0.2, 0) is 18.8 Å². The van der Waals surface area contributed by atoms with Gasteiger partial charge in [-0.1, -0.05) is 33.1 Å². The zero-order chi connectivity index (χ0) is 11.0. The highest BCUT2D eigenvalue weighted by Gasteiger charge is 2.13. The third-order valence-corrected chi connectivity index (χ3v) is 3.03. The first-order valence-corrected chi connectivity index (χ1v) is 6.34. The fourth-order valence-electron chi connectivity index (χ4n) is 1.13. The van der Waals surface area contributed by atoms with E-state index in [0.29, 0.717) is 5.92 Å². The van der Waals surface area contributed by atoms with Gasteiger partial charge in [0.1, 0.15) is 0 Å². The summed E-state index contributed by atoms with van der Waals surface area (Å²) in [5, 5.41) is 0. The normalized spacial score (nSPS) is 14.2. The molecule has 5 heteroatoms. The molecule has 1 unspecified atom stereocenters. The van der Waals surface area contributed by atoms with Crippen LogP contribution < -0.4 is 0 Å². The molecule has 0 bridgehead atoms. The van der Waals surface area contributed by atoms with E-state index in [1.54, 1.807) is 0 Å². The molecular formula is C9H20O4S. The van der Waals surface area contributed by atoms with Crippen molar-refractivity contribution in [2.45, 2.75) is 39.5 Å². The number of hydrogen-bond donors (Lipinski definition) is 0. The Morgan fingerprint density at radius 1 is 1.29 bits per heavy atom. The van der Waals surface area contributed by atoms with E-state index < -0.39 is 10.4 Å². The molecule has 0 aliphatic rings. The molecule has 0 saturated heterocycles. The van der Waals surface area contributed by atoms with Crippen molar-refractivity contribution in [1.82, 2.24) is 0 Å². The van der Waals surface area contributed by atoms with E-state index in [-0.39, 0.29) is 6.61 Å². The predicted molar refractivity (Wildman–Crippen MR) is 55.2 cm³/mol. The molecule has 0 amide bonds. The molecule has 14 heavy (non-hydrogen) atoms. The smallest absolute Gasteiger partial charge is 0.252 e. The summed E-state index contributed by atoms with van der Waals surface area (Å²) in [5.41, 5.74) is 0. The van der Waals surface area contributed by atoms with Crippen LogP contribution in [0.2, 0.25) is 0 Å². The predicted octanol–water partition coefficient (Wildman–Crippen LogP) is 2.11. The van der Waals surface area contributed by atoms with Crippen LogP contribution in [0, 0.1) is 5.92 Å². The van der Waals surface area contributed by atoms with E-state index in [9.17, 15) is 8.42 Å². The Balaban J connectivity index is 3.83. The quantitative estimate of drug-likeness (QED) is 0.633. The molecule has 0 N–H and O–H groups in total. The van der Waals surface area contributed by atoms with Crippen molar-refractivity contribution >= 4 is 10.4 Å². The van der Waals surface area contributed by atoms with Crippen molar-refractivity contribution in [3.63, 3.8) is 0 Å². The lowest BCUT2D eigenvalue weighted by atomic mass is 10.0. The Labute approximate surface area is 86.9 Å². The number of hydrogen-bond acceptors (Lipinski definition) is 4. The van der Waals surface area contributed by atoms with Gasteiger partial charge in [0, 0.05) is 0 Å². The summed E-state index contributed by atoms with van der Waals surface area (Å²) in [5.74, 6) is 0.305. The van der Waals surface area contributed by atoms with Gasteiger partial charge in [-0.25, -0.2) is 4.18 Å². The minimum absolute atomic E-state index is 0.229. The van der Waals surface area contributed by atoms with Gasteiger partial charge in [-0.3, -0.25) is 4.18 Å². The van der Waals surface area contributed by atoms with Gasteiger partial charge in [-0.2, -0.15) is 8.42 Å². The molecule has 0 aromatic heterocycles. The van der Waals surface area contributed by atoms with Crippen LogP contribution >= 0.6 is 0 Å². The molecule has 4 nitrogen and oxygen atoms in total. The van der Waals surface area contributed by atoms with Gasteiger partial charge in [-0.05, 0) is 12.3 Å². The molecule has 0 aliphatic heterocycles. The molecule has 0 spiro atoms. The Morgan fingerprint density at radius 2 is 1.93 bits per heavy atom. The lowest BCUT2D eigenvalue weighted by molar-refractivity contribution is 0.197. The standard InChI is InChI=1S/C9H20O4S/c1-4-6-7-9(5-2)8-13-14(10,11)12-3/h9H,4-8H2,1-3H3. The lowest BCUT2D eigenvalue weighted by Crippen LogP contribution is -2.15. The maximum absolute atomic E-state index is 10.8. The molecule has 86 valence electrons. The van der Waals surface area contributed by atoms with Crippen molar-refractivity contribution in [3.8, 4) is 0 Å². The van der Waals surface area contributed by atoms with E-state index in [0.717, 1.165) is 32.8 Å². The van der Waals surface area contributed by atoms with E-state index >= 15 is 0 Å². The van der Waals surface area contributed by atoms with Crippen LogP contribution in [0.15, 0.2) is 0 Å². The van der Waals surface area contributed by atoms with E-state index in [1.165, 1.54) is 0 Å². The van der Waals surface area contributed by atoms with Crippen LogP contribution in [0.5, 0.6) is 0 Å². The molecule has 0 aromatic carbocycles. The number of rotatable bonds is 8. The summed E-state index contributed by atoms with van der Waals surface area (Å²) in [7, 11) is -2.65. The van der Waals surface area contributed by atoms with Crippen LogP contribution in [0.4, 0.5) is 0 Å². The first kappa shape index (κ1) is 13.9. The second-order valence-corrected chi connectivity index (χ2v) is 4.66. The zero-order valence-corrected chi connectivity index (χ0v) is 9.97. The highest BCUT2D eigenvalue weighted by Crippen LogP contribution is 2.14. The molecule has 0 heterocycles. The van der Waals surface area contributed by atoms with E-state index in [4.69, 9.17) is 0 Å². The van der Waals surface area contributed by atoms with Crippen LogP contribution in [0.3, 0.4) is 0 Å². The topological polar surface area (TPSA) is 52.6 Å². The molecule has 0 rings (SSSR count). The van der Waals surface area contributed by atoms with Crippen molar-refractivity contribution in [3.05, 3.63) is 0 Å². The largest absolute Gasteiger partial charge is 0.399 e. The molecule has 0 radical (unpaired) electrons. The first-order chi connectivity index (χ1) is 6.55. The van der Waals surface area contributed by atoms with Crippen molar-refractivity contribution in [1.29, 1.82) is 0 Å². The second kappa shape index (κ2) is 7.20. The Kier molecular flexibility index (Phi) is 7.13. The van der Waals surface area contributed by atoms with E-state index in [1.807, 2.05) is 6.92 Å². The summed E-state index contributed by atoms with van der Waals surface area (Å²) in [6, 6.07) is 0. The van der Waals surface area contributed by atoms with Gasteiger partial charge in [0.15, 0.2) is 0 Å². The molecule has 0 saturated carbocycles. The molecule has 0 fully saturated rings. The van der Waals surface area contributed by atoms with Crippen molar-refractivity contribution in [2.24, 2.45) is 5.92 Å². The fourth-order valence-corrected chi connectivity index (χ4v) is 1.58. The van der Waals surface area contributed by atoms with Crippen molar-refractivity contribution < 1.29 is 16.8 Å². The summed E-state index contributed by atoms with van der Waals surface area (Å²) in [4.78, 5) is 0. The summed E-state index contributed by atoms with van der Waals surface area (Å²) < 4.78 is 30.6. The van der Waals surface area contributed by atoms with Gasteiger partial charge in [0.25, 0.3) is 0 Å². The lowest BCUT2D eigenvalue weighted by Gasteiger charge is -2.13. The summed E-state index contributed by atoms with van der Waals surface area (Å²) in [6.07, 6.45) is 4.16. The van der Waals surface area contributed by atoms with Gasteiger partial charge in [0.05, 0.1) is 13.7 Å². The average molecular weight is 224 g/mol. The fraction of sp³-hybridized carbons (Fsp3) is 1.00. The maximum atomic E-state index is 10.8. The Bertz CT molecular complexity index is 223. The highest BCUT2D eigenvalue weighted by molar-refractivity contribution is 7.81. The molecule has 0 aromatic rings. The van der Waals surface area contributed by atoms with E-state index in [2.05, 4.69) is 15.3 Å². The zero-order valence-electron chi connectivity index (χ0n) is 9.15. The minimum Gasteiger partial charge on any atom is -0.252 e. The first-order valence-electron chi connectivity index (χ1n) is 5.00. The van der Waals surface area contributed by atoms with Crippen LogP contribution in [-0.4, -0.2) is 22.1 Å². The Hall–Kier alpha value is -0.130. The molecular weight excluding hydrogens is 204 g/mol. The maximum Gasteiger partial charge on any atom is 0.399 e. The number of unbranched alkanes of at least 4 members (excludes halogenated alkanes) is 1. The third-order valence-electron chi connectivity index (χ3n) is 2.20. The second-order valence-electron chi connectivity index (χ2n) is 3.28. The van der Waals surface area contributed by atoms with Gasteiger partial charge in [-0.15, -0.1) is 0 Å². The molecule has 1 atom stereocenters. The van der Waals surface area contributed by atoms with Gasteiger partial charge < -0.3 is 0 Å². The SMILES string of the molecule is CCCCC(CC)COS(=O)(=O)OC. The average Bonchev–Trinajstić information content (AvgIpc) is 2.18. The summed E-state index contributed by atoms with van der Waals surface area (Å²) in [6.45, 7) is 4.37. The summed E-state index contributed by atoms with van der Waals surface area (Å²) >= 11 is 0. The monoisotopic (exact) mass is 224 g/mol. The third kappa shape index (κ3) is 6.34. The van der Waals surface area contributed by atoms with Crippen LogP contribution in [0.1, 0.15) is 39.5 Å².